The van der Waals surface area contributed by atoms with Gasteiger partial charge in [0.15, 0.2) is 5.84 Å². The number of aromatic nitrogens is 1. The van der Waals surface area contributed by atoms with Crippen LogP contribution in [0.5, 0.6) is 5.75 Å². The molecular formula is C28H29N5O2S. The summed E-state index contributed by atoms with van der Waals surface area (Å²) in [5, 5.41) is 17.1. The van der Waals surface area contributed by atoms with Gasteiger partial charge in [0.2, 0.25) is 5.17 Å². The summed E-state index contributed by atoms with van der Waals surface area (Å²) >= 11 is 1.37. The fourth-order valence-corrected chi connectivity index (χ4v) is 5.46. The monoisotopic (exact) mass is 499 g/mol. The van der Waals surface area contributed by atoms with Crippen molar-refractivity contribution in [3.63, 3.8) is 0 Å². The van der Waals surface area contributed by atoms with Gasteiger partial charge in [-0.2, -0.15) is 15.1 Å². The lowest BCUT2D eigenvalue weighted by molar-refractivity contribution is -0.114. The number of nitrogens with one attached hydrogen (secondary N) is 1. The fourth-order valence-electron chi connectivity index (χ4n) is 4.48. The van der Waals surface area contributed by atoms with Gasteiger partial charge in [-0.3, -0.25) is 10.2 Å². The van der Waals surface area contributed by atoms with E-state index in [0.29, 0.717) is 18.3 Å². The maximum absolute atomic E-state index is 12.9. The molecule has 3 heterocycles. The van der Waals surface area contributed by atoms with Crippen molar-refractivity contribution in [2.45, 2.75) is 47.1 Å². The number of carbonyl (C=O) groups is 1. The van der Waals surface area contributed by atoms with Crippen molar-refractivity contribution >= 4 is 50.7 Å². The van der Waals surface area contributed by atoms with Gasteiger partial charge < -0.3 is 9.30 Å². The first kappa shape index (κ1) is 24.1. The molecule has 1 aromatic heterocycles. The molecule has 3 aromatic rings. The number of ether oxygens (including phenoxy) is 1. The molecule has 8 heteroatoms. The molecule has 184 valence electrons. The molecule has 0 atom stereocenters. The van der Waals surface area contributed by atoms with Crippen LogP contribution in [0.1, 0.15) is 42.1 Å². The maximum Gasteiger partial charge on any atom is 0.283 e. The number of hydrogen-bond acceptors (Lipinski definition) is 5. The second-order valence-corrected chi connectivity index (χ2v) is 10.1. The fraction of sp³-hybridized carbons (Fsp3) is 0.286. The molecule has 0 fully saturated rings. The predicted octanol–water partition coefficient (Wildman–Crippen LogP) is 6.06. The van der Waals surface area contributed by atoms with E-state index in [0.717, 1.165) is 45.8 Å². The minimum atomic E-state index is -0.402. The molecular weight excluding hydrogens is 470 g/mol. The quantitative estimate of drug-likeness (QED) is 0.400. The number of aliphatic imine (C=N–C) groups is 1. The highest BCUT2D eigenvalue weighted by Gasteiger charge is 2.35. The Hall–Kier alpha value is -3.65. The number of nitrogens with zero attached hydrogens (tertiary/aromatic N) is 4. The summed E-state index contributed by atoms with van der Waals surface area (Å²) in [6.07, 6.45) is 3.54. The Morgan fingerprint density at radius 1 is 1.11 bits per heavy atom. The molecule has 7 nitrogen and oxygen atoms in total. The molecule has 0 spiro atoms. The van der Waals surface area contributed by atoms with E-state index in [2.05, 4.69) is 53.6 Å². The van der Waals surface area contributed by atoms with Crippen LogP contribution in [0.4, 0.5) is 0 Å². The summed E-state index contributed by atoms with van der Waals surface area (Å²) in [7, 11) is 0. The van der Waals surface area contributed by atoms with Crippen molar-refractivity contribution < 1.29 is 9.53 Å². The Balaban J connectivity index is 1.45. The molecule has 2 aliphatic rings. The Morgan fingerprint density at radius 2 is 1.92 bits per heavy atom. The zero-order valence-corrected chi connectivity index (χ0v) is 21.8. The molecule has 1 N–H and O–H groups in total. The molecule has 0 saturated carbocycles. The molecule has 0 saturated heterocycles. The van der Waals surface area contributed by atoms with Gasteiger partial charge in [0, 0.05) is 22.2 Å². The van der Waals surface area contributed by atoms with Gasteiger partial charge >= 0.3 is 0 Å². The van der Waals surface area contributed by atoms with Crippen LogP contribution in [-0.2, 0) is 11.3 Å². The average Bonchev–Trinajstić information content (AvgIpc) is 3.38. The van der Waals surface area contributed by atoms with Crippen LogP contribution in [0.3, 0.4) is 0 Å². The number of fused-ring (bicyclic) bond motifs is 2. The normalized spacial score (nSPS) is 16.6. The van der Waals surface area contributed by atoms with E-state index in [9.17, 15) is 4.79 Å². The zero-order chi connectivity index (χ0) is 25.4. The minimum Gasteiger partial charge on any atom is -0.492 e. The highest BCUT2D eigenvalue weighted by Crippen LogP contribution is 2.32. The van der Waals surface area contributed by atoms with Crippen LogP contribution in [0.2, 0.25) is 0 Å². The molecule has 0 unspecified atom stereocenters. The SMILES string of the molecule is CCCC1=NN2C(=N)C(=Cc3c(C)n(CCOc4ccc(C)c(C)c4)c4ccccc34)C(=O)N=C2S1. The van der Waals surface area contributed by atoms with Crippen molar-refractivity contribution in [2.24, 2.45) is 10.1 Å². The number of rotatable bonds is 7. The van der Waals surface area contributed by atoms with E-state index in [1.54, 1.807) is 6.08 Å². The molecule has 5 rings (SSSR count). The van der Waals surface area contributed by atoms with Gasteiger partial charge in [-0.25, -0.2) is 0 Å². The predicted molar refractivity (Wildman–Crippen MR) is 148 cm³/mol. The number of carbonyl (C=O) groups excluding carboxylic acids is 1. The van der Waals surface area contributed by atoms with Crippen molar-refractivity contribution in [1.29, 1.82) is 5.41 Å². The van der Waals surface area contributed by atoms with E-state index in [1.165, 1.54) is 27.9 Å². The third-order valence-electron chi connectivity index (χ3n) is 6.59. The van der Waals surface area contributed by atoms with E-state index in [-0.39, 0.29) is 11.4 Å². The molecule has 2 aromatic carbocycles. The van der Waals surface area contributed by atoms with Crippen LogP contribution >= 0.6 is 11.8 Å². The first-order chi connectivity index (χ1) is 17.4. The Bertz CT molecular complexity index is 1480. The Labute approximate surface area is 215 Å². The lowest BCUT2D eigenvalue weighted by Gasteiger charge is -2.20. The molecule has 0 aliphatic carbocycles. The van der Waals surface area contributed by atoms with Crippen LogP contribution < -0.4 is 4.74 Å². The molecule has 2 aliphatic heterocycles. The van der Waals surface area contributed by atoms with Gasteiger partial charge in [0.1, 0.15) is 17.4 Å². The van der Waals surface area contributed by atoms with Crippen LogP contribution in [-0.4, -0.2) is 38.1 Å². The van der Waals surface area contributed by atoms with Crippen molar-refractivity contribution in [1.82, 2.24) is 9.58 Å². The summed E-state index contributed by atoms with van der Waals surface area (Å²) in [4.78, 5) is 17.2. The Morgan fingerprint density at radius 3 is 2.69 bits per heavy atom. The van der Waals surface area contributed by atoms with Crippen molar-refractivity contribution in [3.05, 3.63) is 70.4 Å². The second-order valence-electron chi connectivity index (χ2n) is 9.03. The summed E-state index contributed by atoms with van der Waals surface area (Å²) in [6, 6.07) is 14.2. The number of amides is 1. The van der Waals surface area contributed by atoms with Crippen LogP contribution in [0.15, 0.2) is 58.1 Å². The van der Waals surface area contributed by atoms with E-state index in [4.69, 9.17) is 10.1 Å². The molecule has 36 heavy (non-hydrogen) atoms. The smallest absolute Gasteiger partial charge is 0.283 e. The van der Waals surface area contributed by atoms with Gasteiger partial charge in [-0.15, -0.1) is 0 Å². The lowest BCUT2D eigenvalue weighted by Crippen LogP contribution is -2.35. The maximum atomic E-state index is 12.9. The highest BCUT2D eigenvalue weighted by molar-refractivity contribution is 8.26. The topological polar surface area (TPSA) is 83.0 Å². The summed E-state index contributed by atoms with van der Waals surface area (Å²) < 4.78 is 8.26. The number of aryl methyl sites for hydroxylation is 2. The van der Waals surface area contributed by atoms with Gasteiger partial charge in [0.05, 0.1) is 12.1 Å². The molecule has 1 amide bonds. The number of hydrazone groups is 1. The third kappa shape index (κ3) is 4.37. The average molecular weight is 500 g/mol. The number of benzene rings is 2. The lowest BCUT2D eigenvalue weighted by atomic mass is 10.1. The number of para-hydroxylation sites is 1. The third-order valence-corrected chi connectivity index (χ3v) is 7.56. The Kier molecular flexibility index (Phi) is 6.53. The number of hydrogen-bond donors (Lipinski definition) is 1. The summed E-state index contributed by atoms with van der Waals surface area (Å²) in [5.74, 6) is 0.523. The van der Waals surface area contributed by atoms with E-state index < -0.39 is 5.91 Å². The molecule has 0 bridgehead atoms. The zero-order valence-electron chi connectivity index (χ0n) is 21.0. The van der Waals surface area contributed by atoms with Crippen molar-refractivity contribution in [3.8, 4) is 5.75 Å². The standard InChI is InChI=1S/C28H29N5O2S/c1-5-8-25-31-33-26(29)23(27(34)30-28(33)36-25)16-22-19(4)32(24-10-7-6-9-21(22)24)13-14-35-20-12-11-17(2)18(3)15-20/h6-7,9-12,15-16,29H,5,8,13-14H2,1-4H3. The van der Waals surface area contributed by atoms with E-state index >= 15 is 0 Å². The minimum absolute atomic E-state index is 0.0675. The first-order valence-electron chi connectivity index (χ1n) is 12.1. The van der Waals surface area contributed by atoms with Gasteiger partial charge in [-0.05, 0) is 80.8 Å². The number of thioether (sulfide) groups is 1. The molecule has 0 radical (unpaired) electrons. The summed E-state index contributed by atoms with van der Waals surface area (Å²) in [5.41, 5.74) is 5.67. The van der Waals surface area contributed by atoms with Crippen LogP contribution in [0, 0.1) is 26.2 Å². The largest absolute Gasteiger partial charge is 0.492 e. The van der Waals surface area contributed by atoms with Crippen LogP contribution in [0.25, 0.3) is 17.0 Å². The number of amidine groups is 2. The summed E-state index contributed by atoms with van der Waals surface area (Å²) in [6.45, 7) is 9.46. The highest BCUT2D eigenvalue weighted by atomic mass is 32.2. The first-order valence-corrected chi connectivity index (χ1v) is 13.0. The van der Waals surface area contributed by atoms with Crippen molar-refractivity contribution in [2.75, 3.05) is 6.61 Å². The second kappa shape index (κ2) is 9.78. The van der Waals surface area contributed by atoms with E-state index in [1.807, 2.05) is 31.2 Å². The van der Waals surface area contributed by atoms with Gasteiger partial charge in [-0.1, -0.05) is 31.2 Å². The van der Waals surface area contributed by atoms with Gasteiger partial charge in [0.25, 0.3) is 5.91 Å².